The van der Waals surface area contributed by atoms with E-state index in [4.69, 9.17) is 4.74 Å². The van der Waals surface area contributed by atoms with Crippen molar-refractivity contribution in [3.05, 3.63) is 30.1 Å². The largest absolute Gasteiger partial charge is 0.493 e. The summed E-state index contributed by atoms with van der Waals surface area (Å²) < 4.78 is 18.0. The first kappa shape index (κ1) is 13.8. The van der Waals surface area contributed by atoms with E-state index in [9.17, 15) is 14.3 Å². The lowest BCUT2D eigenvalue weighted by atomic mass is 9.80. The highest BCUT2D eigenvalue weighted by atomic mass is 19.1. The number of hydrogen-bond donors (Lipinski definition) is 2. The van der Waals surface area contributed by atoms with Crippen LogP contribution >= 0.6 is 0 Å². The normalized spacial score (nSPS) is 16.5. The van der Waals surface area contributed by atoms with Crippen molar-refractivity contribution in [3.8, 4) is 5.75 Å². The van der Waals surface area contributed by atoms with Gasteiger partial charge in [-0.25, -0.2) is 4.39 Å². The molecule has 104 valence electrons. The maximum atomic E-state index is 12.6. The Labute approximate surface area is 111 Å². The fourth-order valence-corrected chi connectivity index (χ4v) is 1.91. The summed E-state index contributed by atoms with van der Waals surface area (Å²) in [6.07, 6.45) is 2.73. The molecule has 0 atom stereocenters. The number of nitrogens with one attached hydrogen (secondary N) is 1. The van der Waals surface area contributed by atoms with Gasteiger partial charge in [0.15, 0.2) is 0 Å². The van der Waals surface area contributed by atoms with Gasteiger partial charge in [0.05, 0.1) is 18.6 Å². The van der Waals surface area contributed by atoms with E-state index in [2.05, 4.69) is 5.32 Å². The van der Waals surface area contributed by atoms with Crippen molar-refractivity contribution < 1.29 is 19.0 Å². The highest BCUT2D eigenvalue weighted by Gasteiger charge is 2.34. The zero-order valence-electron chi connectivity index (χ0n) is 10.7. The van der Waals surface area contributed by atoms with Crippen molar-refractivity contribution in [2.45, 2.75) is 31.3 Å². The van der Waals surface area contributed by atoms with Crippen LogP contribution in [0.25, 0.3) is 0 Å². The number of hydrogen-bond acceptors (Lipinski definition) is 3. The number of rotatable bonds is 6. The number of benzene rings is 1. The van der Waals surface area contributed by atoms with Gasteiger partial charge in [0.25, 0.3) is 0 Å². The minimum Gasteiger partial charge on any atom is -0.493 e. The zero-order valence-corrected chi connectivity index (χ0v) is 10.7. The van der Waals surface area contributed by atoms with Gasteiger partial charge in [-0.3, -0.25) is 4.79 Å². The molecule has 1 saturated carbocycles. The van der Waals surface area contributed by atoms with Gasteiger partial charge in [-0.05, 0) is 43.5 Å². The van der Waals surface area contributed by atoms with Crippen LogP contribution in [-0.2, 0) is 4.79 Å². The molecule has 1 fully saturated rings. The van der Waals surface area contributed by atoms with Crippen LogP contribution in [0.4, 0.5) is 4.39 Å². The Hall–Kier alpha value is -1.62. The Morgan fingerprint density at radius 3 is 2.63 bits per heavy atom. The van der Waals surface area contributed by atoms with Crippen molar-refractivity contribution in [1.29, 1.82) is 0 Å². The molecule has 1 aromatic rings. The van der Waals surface area contributed by atoms with Crippen molar-refractivity contribution in [3.63, 3.8) is 0 Å². The van der Waals surface area contributed by atoms with Gasteiger partial charge in [0.1, 0.15) is 11.6 Å². The predicted molar refractivity (Wildman–Crippen MR) is 68.3 cm³/mol. The summed E-state index contributed by atoms with van der Waals surface area (Å²) in [5, 5.41) is 12.5. The lowest BCUT2D eigenvalue weighted by molar-refractivity contribution is -0.124. The highest BCUT2D eigenvalue weighted by Crippen LogP contribution is 2.30. The molecule has 2 N–H and O–H groups in total. The predicted octanol–water partition coefficient (Wildman–Crippen LogP) is 1.63. The van der Waals surface area contributed by atoms with E-state index in [-0.39, 0.29) is 24.8 Å². The molecule has 2 rings (SSSR count). The van der Waals surface area contributed by atoms with Crippen LogP contribution in [0.1, 0.15) is 25.7 Å². The first-order valence-electron chi connectivity index (χ1n) is 6.45. The molecule has 0 radical (unpaired) electrons. The summed E-state index contributed by atoms with van der Waals surface area (Å²) in [5.41, 5.74) is -0.701. The Bertz CT molecular complexity index is 429. The molecule has 1 aliphatic carbocycles. The van der Waals surface area contributed by atoms with Crippen LogP contribution in [0.3, 0.4) is 0 Å². The van der Waals surface area contributed by atoms with E-state index < -0.39 is 5.60 Å². The van der Waals surface area contributed by atoms with Crippen LogP contribution in [-0.4, -0.2) is 29.8 Å². The van der Waals surface area contributed by atoms with Crippen LogP contribution in [0, 0.1) is 5.82 Å². The number of carbonyl (C=O) groups is 1. The average molecular weight is 267 g/mol. The molecule has 0 bridgehead atoms. The van der Waals surface area contributed by atoms with E-state index in [1.165, 1.54) is 24.3 Å². The minimum atomic E-state index is -0.701. The van der Waals surface area contributed by atoms with Gasteiger partial charge in [0.2, 0.25) is 5.91 Å². The van der Waals surface area contributed by atoms with E-state index in [1.54, 1.807) is 0 Å². The second kappa shape index (κ2) is 6.02. The Morgan fingerprint density at radius 1 is 1.37 bits per heavy atom. The van der Waals surface area contributed by atoms with Crippen molar-refractivity contribution in [2.75, 3.05) is 13.2 Å². The molecule has 1 aliphatic rings. The molecule has 1 aromatic carbocycles. The first-order valence-corrected chi connectivity index (χ1v) is 6.45. The molecular weight excluding hydrogens is 249 g/mol. The molecule has 4 nitrogen and oxygen atoms in total. The van der Waals surface area contributed by atoms with Gasteiger partial charge in [-0.2, -0.15) is 0 Å². The maximum Gasteiger partial charge on any atom is 0.223 e. The second-order valence-electron chi connectivity index (χ2n) is 4.91. The first-order chi connectivity index (χ1) is 9.07. The Morgan fingerprint density at radius 2 is 2.05 bits per heavy atom. The van der Waals surface area contributed by atoms with E-state index >= 15 is 0 Å². The number of carbonyl (C=O) groups excluding carboxylic acids is 1. The molecule has 1 amide bonds. The summed E-state index contributed by atoms with van der Waals surface area (Å²) in [5.74, 6) is 0.0630. The third kappa shape index (κ3) is 4.21. The molecule has 0 aromatic heterocycles. The molecule has 19 heavy (non-hydrogen) atoms. The number of halogens is 1. The molecular formula is C14H18FNO3. The van der Waals surface area contributed by atoms with Crippen LogP contribution < -0.4 is 10.1 Å². The molecule has 0 saturated heterocycles. The summed E-state index contributed by atoms with van der Waals surface area (Å²) in [6.45, 7) is 0.540. The van der Waals surface area contributed by atoms with Gasteiger partial charge < -0.3 is 15.2 Å². The summed E-state index contributed by atoms with van der Waals surface area (Å²) in [4.78, 5) is 11.5. The topological polar surface area (TPSA) is 58.6 Å². The average Bonchev–Trinajstić information content (AvgIpc) is 2.36. The number of aliphatic hydroxyl groups is 1. The third-order valence-electron chi connectivity index (χ3n) is 3.31. The standard InChI is InChI=1S/C14H18FNO3/c15-11-2-4-12(5-3-11)19-9-6-13(17)16-10-14(18)7-1-8-14/h2-5,18H,1,6-10H2,(H,16,17). The number of ether oxygens (including phenoxy) is 1. The fourth-order valence-electron chi connectivity index (χ4n) is 1.91. The second-order valence-corrected chi connectivity index (χ2v) is 4.91. The van der Waals surface area contributed by atoms with Gasteiger partial charge in [0, 0.05) is 6.54 Å². The molecule has 0 unspecified atom stereocenters. The third-order valence-corrected chi connectivity index (χ3v) is 3.31. The quantitative estimate of drug-likeness (QED) is 0.823. The van der Waals surface area contributed by atoms with Gasteiger partial charge in [-0.15, -0.1) is 0 Å². The monoisotopic (exact) mass is 267 g/mol. The van der Waals surface area contributed by atoms with Crippen molar-refractivity contribution in [2.24, 2.45) is 0 Å². The highest BCUT2D eigenvalue weighted by molar-refractivity contribution is 5.76. The van der Waals surface area contributed by atoms with E-state index in [0.29, 0.717) is 12.3 Å². The summed E-state index contributed by atoms with van der Waals surface area (Å²) in [7, 11) is 0. The Balaban J connectivity index is 1.62. The van der Waals surface area contributed by atoms with Crippen LogP contribution in [0.15, 0.2) is 24.3 Å². The SMILES string of the molecule is O=C(CCOc1ccc(F)cc1)NCC1(O)CCC1. The Kier molecular flexibility index (Phi) is 4.37. The van der Waals surface area contributed by atoms with Crippen LogP contribution in [0.2, 0.25) is 0 Å². The smallest absolute Gasteiger partial charge is 0.223 e. The van der Waals surface area contributed by atoms with E-state index in [0.717, 1.165) is 19.3 Å². The van der Waals surface area contributed by atoms with Crippen molar-refractivity contribution >= 4 is 5.91 Å². The lowest BCUT2D eigenvalue weighted by Gasteiger charge is -2.36. The molecule has 0 aliphatic heterocycles. The molecule has 0 heterocycles. The zero-order chi connectivity index (χ0) is 13.7. The molecule has 0 spiro atoms. The number of amides is 1. The maximum absolute atomic E-state index is 12.6. The minimum absolute atomic E-state index is 0.151. The van der Waals surface area contributed by atoms with Gasteiger partial charge in [-0.1, -0.05) is 0 Å². The van der Waals surface area contributed by atoms with Gasteiger partial charge >= 0.3 is 0 Å². The summed E-state index contributed by atoms with van der Waals surface area (Å²) >= 11 is 0. The van der Waals surface area contributed by atoms with Crippen molar-refractivity contribution in [1.82, 2.24) is 5.32 Å². The van der Waals surface area contributed by atoms with Crippen LogP contribution in [0.5, 0.6) is 5.75 Å². The fraction of sp³-hybridized carbons (Fsp3) is 0.500. The lowest BCUT2D eigenvalue weighted by Crippen LogP contribution is -2.47. The summed E-state index contributed by atoms with van der Waals surface area (Å²) in [6, 6.07) is 5.65. The van der Waals surface area contributed by atoms with E-state index in [1.807, 2.05) is 0 Å². The molecule has 5 heteroatoms.